The zero-order chi connectivity index (χ0) is 18.3. The lowest BCUT2D eigenvalue weighted by molar-refractivity contribution is 0.0639. The molecule has 2 aliphatic rings. The van der Waals surface area contributed by atoms with Crippen molar-refractivity contribution in [3.63, 3.8) is 0 Å². The van der Waals surface area contributed by atoms with Gasteiger partial charge in [0.05, 0.1) is 5.56 Å². The Labute approximate surface area is 155 Å². The number of likely N-dealkylation sites (tertiary alicyclic amines) is 1. The van der Waals surface area contributed by atoms with Crippen LogP contribution >= 0.6 is 11.6 Å². The Morgan fingerprint density at radius 1 is 1.08 bits per heavy atom. The average molecular weight is 374 g/mol. The quantitative estimate of drug-likeness (QED) is 0.806. The summed E-state index contributed by atoms with van der Waals surface area (Å²) in [5, 5.41) is 6.93. The second kappa shape index (κ2) is 6.29. The Kier molecular flexibility index (Phi) is 4.07. The molecule has 2 heterocycles. The van der Waals surface area contributed by atoms with Gasteiger partial charge in [0.1, 0.15) is 11.5 Å². The minimum Gasteiger partial charge on any atom is -0.362 e. The molecule has 1 fully saturated rings. The highest BCUT2D eigenvalue weighted by atomic mass is 35.5. The fourth-order valence-electron chi connectivity index (χ4n) is 3.50. The molecule has 0 unspecified atom stereocenters. The SMILES string of the molecule is O=C1NC2(CCN(C(=O)c3ccc(F)cc3)CC2)Nc2ccc(Cl)cc21. The van der Waals surface area contributed by atoms with Gasteiger partial charge >= 0.3 is 0 Å². The molecule has 0 bridgehead atoms. The predicted octanol–water partition coefficient (Wildman–Crippen LogP) is 3.27. The summed E-state index contributed by atoms with van der Waals surface area (Å²) < 4.78 is 13.0. The fraction of sp³-hybridized carbons (Fsp3) is 0.263. The summed E-state index contributed by atoms with van der Waals surface area (Å²) in [6.07, 6.45) is 1.15. The number of fused-ring (bicyclic) bond motifs is 1. The van der Waals surface area contributed by atoms with E-state index >= 15 is 0 Å². The van der Waals surface area contributed by atoms with Crippen molar-refractivity contribution in [1.82, 2.24) is 10.2 Å². The van der Waals surface area contributed by atoms with E-state index in [1.54, 1.807) is 23.1 Å². The van der Waals surface area contributed by atoms with Crippen LogP contribution in [0.2, 0.25) is 5.02 Å². The largest absolute Gasteiger partial charge is 0.362 e. The van der Waals surface area contributed by atoms with Crippen LogP contribution in [0.25, 0.3) is 0 Å². The molecule has 2 amide bonds. The number of hydrogen-bond donors (Lipinski definition) is 2. The number of carbonyl (C=O) groups is 2. The third-order valence-corrected chi connectivity index (χ3v) is 5.18. The van der Waals surface area contributed by atoms with E-state index < -0.39 is 5.66 Å². The number of benzene rings is 2. The van der Waals surface area contributed by atoms with Crippen LogP contribution in [0.3, 0.4) is 0 Å². The molecule has 2 aromatic rings. The molecule has 2 aliphatic heterocycles. The Hall–Kier alpha value is -2.60. The van der Waals surface area contributed by atoms with E-state index in [9.17, 15) is 14.0 Å². The van der Waals surface area contributed by atoms with E-state index in [-0.39, 0.29) is 17.6 Å². The third-order valence-electron chi connectivity index (χ3n) is 4.95. The minimum atomic E-state index is -0.572. The van der Waals surface area contributed by atoms with Crippen molar-refractivity contribution in [2.75, 3.05) is 18.4 Å². The number of nitrogens with one attached hydrogen (secondary N) is 2. The van der Waals surface area contributed by atoms with Crippen LogP contribution in [0.1, 0.15) is 33.6 Å². The molecule has 1 spiro atoms. The van der Waals surface area contributed by atoms with Gasteiger partial charge in [0.25, 0.3) is 11.8 Å². The molecule has 2 aromatic carbocycles. The van der Waals surface area contributed by atoms with Crippen molar-refractivity contribution < 1.29 is 14.0 Å². The second-order valence-electron chi connectivity index (χ2n) is 6.65. The molecule has 0 aromatic heterocycles. The molecular weight excluding hydrogens is 357 g/mol. The Balaban J connectivity index is 1.48. The number of nitrogens with zero attached hydrogens (tertiary/aromatic N) is 1. The van der Waals surface area contributed by atoms with Crippen molar-refractivity contribution in [1.29, 1.82) is 0 Å². The van der Waals surface area contributed by atoms with Crippen LogP contribution in [0.15, 0.2) is 42.5 Å². The molecule has 2 N–H and O–H groups in total. The first kappa shape index (κ1) is 16.8. The van der Waals surface area contributed by atoms with Gasteiger partial charge in [0.15, 0.2) is 0 Å². The van der Waals surface area contributed by atoms with Crippen LogP contribution in [0.5, 0.6) is 0 Å². The maximum absolute atomic E-state index is 13.0. The zero-order valence-electron chi connectivity index (χ0n) is 13.9. The summed E-state index contributed by atoms with van der Waals surface area (Å²) in [4.78, 5) is 26.7. The van der Waals surface area contributed by atoms with Gasteiger partial charge in [-0.2, -0.15) is 0 Å². The Morgan fingerprint density at radius 3 is 2.46 bits per heavy atom. The summed E-state index contributed by atoms with van der Waals surface area (Å²) in [7, 11) is 0. The monoisotopic (exact) mass is 373 g/mol. The topological polar surface area (TPSA) is 61.4 Å². The van der Waals surface area contributed by atoms with Gasteiger partial charge < -0.3 is 15.5 Å². The van der Waals surface area contributed by atoms with Gasteiger partial charge in [-0.25, -0.2) is 4.39 Å². The first-order valence-corrected chi connectivity index (χ1v) is 8.79. The van der Waals surface area contributed by atoms with Crippen LogP contribution in [0.4, 0.5) is 10.1 Å². The number of amides is 2. The summed E-state index contributed by atoms with van der Waals surface area (Å²) >= 11 is 5.97. The maximum Gasteiger partial charge on any atom is 0.255 e. The second-order valence-corrected chi connectivity index (χ2v) is 7.09. The van der Waals surface area contributed by atoms with E-state index in [2.05, 4.69) is 10.6 Å². The number of hydrogen-bond acceptors (Lipinski definition) is 3. The highest BCUT2D eigenvalue weighted by molar-refractivity contribution is 6.31. The normalized spacial score (nSPS) is 18.1. The molecule has 134 valence electrons. The lowest BCUT2D eigenvalue weighted by Crippen LogP contribution is -2.62. The summed E-state index contributed by atoms with van der Waals surface area (Å²) in [6.45, 7) is 0.985. The van der Waals surface area contributed by atoms with Crippen LogP contribution < -0.4 is 10.6 Å². The first-order chi connectivity index (χ1) is 12.5. The number of rotatable bonds is 1. The minimum absolute atomic E-state index is 0.130. The van der Waals surface area contributed by atoms with Crippen molar-refractivity contribution in [3.05, 3.63) is 64.4 Å². The molecule has 26 heavy (non-hydrogen) atoms. The Morgan fingerprint density at radius 2 is 1.77 bits per heavy atom. The molecule has 5 nitrogen and oxygen atoms in total. The number of anilines is 1. The molecule has 0 radical (unpaired) electrons. The highest BCUT2D eigenvalue weighted by Crippen LogP contribution is 2.33. The third kappa shape index (κ3) is 3.01. The molecular formula is C19H17ClFN3O2. The smallest absolute Gasteiger partial charge is 0.255 e. The van der Waals surface area contributed by atoms with Gasteiger partial charge in [-0.1, -0.05) is 11.6 Å². The van der Waals surface area contributed by atoms with Gasteiger partial charge in [-0.15, -0.1) is 0 Å². The van der Waals surface area contributed by atoms with Crippen molar-refractivity contribution in [3.8, 4) is 0 Å². The summed E-state index contributed by atoms with van der Waals surface area (Å²) in [5.74, 6) is -0.666. The molecule has 7 heteroatoms. The predicted molar refractivity (Wildman–Crippen MR) is 96.8 cm³/mol. The van der Waals surface area contributed by atoms with E-state index in [0.29, 0.717) is 42.1 Å². The fourth-order valence-corrected chi connectivity index (χ4v) is 3.68. The van der Waals surface area contributed by atoms with Crippen molar-refractivity contribution in [2.45, 2.75) is 18.5 Å². The maximum atomic E-state index is 13.0. The number of carbonyl (C=O) groups excluding carboxylic acids is 2. The summed E-state index contributed by atoms with van der Waals surface area (Å²) in [6, 6.07) is 10.7. The van der Waals surface area contributed by atoms with Gasteiger partial charge in [-0.05, 0) is 42.5 Å². The average Bonchev–Trinajstić information content (AvgIpc) is 2.63. The Bertz CT molecular complexity index is 877. The molecule has 0 saturated carbocycles. The molecule has 1 saturated heterocycles. The molecule has 0 atom stereocenters. The lowest BCUT2D eigenvalue weighted by Gasteiger charge is -2.45. The standard InChI is InChI=1S/C19H17ClFN3O2/c20-13-3-6-16-15(11-13)17(25)23-19(22-16)7-9-24(10-8-19)18(26)12-1-4-14(21)5-2-12/h1-6,11,22H,7-10H2,(H,23,25). The van der Waals surface area contributed by atoms with E-state index in [0.717, 1.165) is 5.69 Å². The number of piperidine rings is 1. The number of halogens is 2. The molecule has 4 rings (SSSR count). The highest BCUT2D eigenvalue weighted by Gasteiger charge is 2.41. The van der Waals surface area contributed by atoms with Crippen molar-refractivity contribution in [2.24, 2.45) is 0 Å². The lowest BCUT2D eigenvalue weighted by atomic mass is 9.92. The van der Waals surface area contributed by atoms with E-state index in [1.165, 1.54) is 24.3 Å². The molecule has 0 aliphatic carbocycles. The van der Waals surface area contributed by atoms with Crippen molar-refractivity contribution >= 4 is 29.1 Å². The van der Waals surface area contributed by atoms with Gasteiger partial charge in [0.2, 0.25) is 0 Å². The summed E-state index contributed by atoms with van der Waals surface area (Å²) in [5.41, 5.74) is 1.16. The zero-order valence-corrected chi connectivity index (χ0v) is 14.6. The van der Waals surface area contributed by atoms with E-state index in [4.69, 9.17) is 11.6 Å². The van der Waals surface area contributed by atoms with Gasteiger partial charge in [0, 0.05) is 42.2 Å². The first-order valence-electron chi connectivity index (χ1n) is 8.41. The van der Waals surface area contributed by atoms with Gasteiger partial charge in [-0.3, -0.25) is 9.59 Å². The van der Waals surface area contributed by atoms with Crippen LogP contribution in [-0.2, 0) is 0 Å². The van der Waals surface area contributed by atoms with Crippen LogP contribution in [0, 0.1) is 5.82 Å². The van der Waals surface area contributed by atoms with Crippen LogP contribution in [-0.4, -0.2) is 35.5 Å². The van der Waals surface area contributed by atoms with E-state index in [1.807, 2.05) is 0 Å².